The Kier molecular flexibility index (Phi) is 6.94. The first-order valence-electron chi connectivity index (χ1n) is 1.77. The van der Waals surface area contributed by atoms with E-state index in [1.807, 2.05) is 0 Å². The zero-order valence-corrected chi connectivity index (χ0v) is 5.65. The molecule has 0 heterocycles. The average molecular weight is 224 g/mol. The molecule has 0 atom stereocenters. The van der Waals surface area contributed by atoms with Gasteiger partial charge in [0.2, 0.25) is 0 Å². The fraction of sp³-hybridized carbons (Fsp3) is 0. The van der Waals surface area contributed by atoms with E-state index in [2.05, 4.69) is 0 Å². The molecule has 1 radical (unpaired) electrons. The van der Waals surface area contributed by atoms with Crippen LogP contribution in [0.4, 0.5) is 0 Å². The Hall–Kier alpha value is -0.580. The normalized spacial score (nSPS) is 8.44. The van der Waals surface area contributed by atoms with Crippen molar-refractivity contribution in [2.45, 2.75) is 0 Å². The summed E-state index contributed by atoms with van der Waals surface area (Å²) in [5, 5.41) is 15.6. The second kappa shape index (κ2) is 5.56. The van der Waals surface area contributed by atoms with E-state index in [1.54, 1.807) is 0 Å². The number of carboxylic acid groups (broad SMARTS) is 2. The van der Waals surface area contributed by atoms with Crippen LogP contribution >= 0.6 is 0 Å². The molecule has 0 aromatic heterocycles. The monoisotopic (exact) mass is 223 g/mol. The van der Waals surface area contributed by atoms with Crippen LogP contribution in [0.15, 0.2) is 12.2 Å². The topological polar surface area (TPSA) is 74.6 Å². The summed E-state index contributed by atoms with van der Waals surface area (Å²) in [6.07, 6.45) is 1.12. The third-order valence-corrected chi connectivity index (χ3v) is 0.368. The Morgan fingerprint density at radius 3 is 1.33 bits per heavy atom. The predicted octanol–water partition coefficient (Wildman–Crippen LogP) is -0.291. The molecule has 0 bridgehead atoms. The zero-order chi connectivity index (χ0) is 6.57. The molecule has 0 spiro atoms. The van der Waals surface area contributed by atoms with Crippen molar-refractivity contribution in [2.75, 3.05) is 0 Å². The van der Waals surface area contributed by atoms with Crippen molar-refractivity contribution in [3.8, 4) is 0 Å². The van der Waals surface area contributed by atoms with E-state index in [4.69, 9.17) is 10.2 Å². The van der Waals surface area contributed by atoms with Gasteiger partial charge in [-0.05, 0) is 0 Å². The molecule has 0 fully saturated rings. The van der Waals surface area contributed by atoms with Crippen LogP contribution in [0, 0.1) is 0 Å². The minimum Gasteiger partial charge on any atom is -0.478 e. The molecule has 0 unspecified atom stereocenters. The van der Waals surface area contributed by atoms with Crippen LogP contribution in [-0.2, 0) is 32.0 Å². The maximum absolute atomic E-state index is 9.55. The van der Waals surface area contributed by atoms with Crippen LogP contribution in [0.25, 0.3) is 0 Å². The van der Waals surface area contributed by atoms with Crippen molar-refractivity contribution in [1.29, 1.82) is 0 Å². The molecular formula is C4H4AgO4. The van der Waals surface area contributed by atoms with E-state index in [1.165, 1.54) is 0 Å². The molecular weight excluding hydrogens is 220 g/mol. The molecule has 4 nitrogen and oxygen atoms in total. The number of hydrogen-bond acceptors (Lipinski definition) is 2. The summed E-state index contributed by atoms with van der Waals surface area (Å²) in [6.45, 7) is 0. The first-order valence-corrected chi connectivity index (χ1v) is 1.77. The first-order chi connectivity index (χ1) is 3.63. The minimum atomic E-state index is -1.26. The van der Waals surface area contributed by atoms with Gasteiger partial charge in [-0.1, -0.05) is 0 Å². The third-order valence-electron chi connectivity index (χ3n) is 0.368. The fourth-order valence-electron chi connectivity index (χ4n) is 0.143. The Balaban J connectivity index is 0. The first kappa shape index (κ1) is 11.2. The Morgan fingerprint density at radius 1 is 1.00 bits per heavy atom. The Bertz CT molecular complexity index is 124. The van der Waals surface area contributed by atoms with Crippen molar-refractivity contribution in [3.05, 3.63) is 12.2 Å². The molecule has 0 aliphatic heterocycles. The third kappa shape index (κ3) is 11.2. The molecule has 0 amide bonds. The molecule has 55 valence electrons. The van der Waals surface area contributed by atoms with E-state index in [9.17, 15) is 9.59 Å². The van der Waals surface area contributed by atoms with Gasteiger partial charge < -0.3 is 10.2 Å². The molecule has 0 saturated heterocycles. The van der Waals surface area contributed by atoms with Crippen LogP contribution in [0.1, 0.15) is 0 Å². The molecule has 0 aromatic carbocycles. The zero-order valence-electron chi connectivity index (χ0n) is 4.17. The summed E-state index contributed by atoms with van der Waals surface area (Å²) >= 11 is 0. The summed E-state index contributed by atoms with van der Waals surface area (Å²) in [5.74, 6) is -2.51. The van der Waals surface area contributed by atoms with Gasteiger partial charge in [0.25, 0.3) is 0 Å². The van der Waals surface area contributed by atoms with E-state index in [-0.39, 0.29) is 22.4 Å². The van der Waals surface area contributed by atoms with E-state index >= 15 is 0 Å². The van der Waals surface area contributed by atoms with Gasteiger partial charge in [0.15, 0.2) is 0 Å². The number of rotatable bonds is 2. The van der Waals surface area contributed by atoms with Crippen molar-refractivity contribution in [1.82, 2.24) is 0 Å². The summed E-state index contributed by atoms with van der Waals surface area (Å²) in [4.78, 5) is 19.1. The number of hydrogen-bond donors (Lipinski definition) is 2. The quantitative estimate of drug-likeness (QED) is 0.499. The van der Waals surface area contributed by atoms with Crippen LogP contribution in [0.3, 0.4) is 0 Å². The maximum atomic E-state index is 9.55. The molecule has 2 N–H and O–H groups in total. The standard InChI is InChI=1S/C4H4O4.Ag/c5-3(6)1-2-4(7)8;/h1-2H,(H,5,6)(H,7,8);/b2-1+;. The molecule has 0 aliphatic rings. The van der Waals surface area contributed by atoms with E-state index < -0.39 is 11.9 Å². The second-order valence-electron chi connectivity index (χ2n) is 1.01. The van der Waals surface area contributed by atoms with Crippen molar-refractivity contribution in [3.63, 3.8) is 0 Å². The smallest absolute Gasteiger partial charge is 0.328 e. The van der Waals surface area contributed by atoms with Crippen LogP contribution in [0.5, 0.6) is 0 Å². The van der Waals surface area contributed by atoms with Crippen LogP contribution < -0.4 is 0 Å². The Labute approximate surface area is 66.7 Å². The van der Waals surface area contributed by atoms with E-state index in [0.717, 1.165) is 0 Å². The number of carbonyl (C=O) groups is 2. The minimum absolute atomic E-state index is 0. The molecule has 0 aliphatic carbocycles. The molecule has 9 heavy (non-hydrogen) atoms. The van der Waals surface area contributed by atoms with Gasteiger partial charge in [-0.25, -0.2) is 9.59 Å². The largest absolute Gasteiger partial charge is 0.478 e. The maximum Gasteiger partial charge on any atom is 0.328 e. The van der Waals surface area contributed by atoms with Crippen LogP contribution in [-0.4, -0.2) is 22.2 Å². The predicted molar refractivity (Wildman–Crippen MR) is 24.4 cm³/mol. The summed E-state index contributed by atoms with van der Waals surface area (Å²) in [5.41, 5.74) is 0. The molecule has 5 heteroatoms. The number of carboxylic acids is 2. The summed E-state index contributed by atoms with van der Waals surface area (Å²) in [6, 6.07) is 0. The average Bonchev–Trinajstić information content (AvgIpc) is 1.61. The van der Waals surface area contributed by atoms with Crippen LogP contribution in [0.2, 0.25) is 0 Å². The van der Waals surface area contributed by atoms with Gasteiger partial charge in [-0.15, -0.1) is 0 Å². The van der Waals surface area contributed by atoms with E-state index in [0.29, 0.717) is 12.2 Å². The van der Waals surface area contributed by atoms with Gasteiger partial charge >= 0.3 is 11.9 Å². The second-order valence-corrected chi connectivity index (χ2v) is 1.01. The molecule has 0 rings (SSSR count). The van der Waals surface area contributed by atoms with Gasteiger partial charge in [0, 0.05) is 34.5 Å². The number of aliphatic carboxylic acids is 2. The molecule has 0 saturated carbocycles. The van der Waals surface area contributed by atoms with Gasteiger partial charge in [-0.2, -0.15) is 0 Å². The summed E-state index contributed by atoms with van der Waals surface area (Å²) in [7, 11) is 0. The fourth-order valence-corrected chi connectivity index (χ4v) is 0.143. The molecule has 0 aromatic rings. The SMILES string of the molecule is O=C(O)/C=C/C(=O)O.[Ag]. The van der Waals surface area contributed by atoms with Gasteiger partial charge in [-0.3, -0.25) is 0 Å². The van der Waals surface area contributed by atoms with Gasteiger partial charge in [0.1, 0.15) is 0 Å². The van der Waals surface area contributed by atoms with Crippen molar-refractivity contribution >= 4 is 11.9 Å². The summed E-state index contributed by atoms with van der Waals surface area (Å²) < 4.78 is 0. The van der Waals surface area contributed by atoms with Crippen molar-refractivity contribution < 1.29 is 42.2 Å². The van der Waals surface area contributed by atoms with Gasteiger partial charge in [0.05, 0.1) is 0 Å². The Morgan fingerprint density at radius 2 is 1.22 bits per heavy atom. The van der Waals surface area contributed by atoms with Crippen molar-refractivity contribution in [2.24, 2.45) is 0 Å².